The van der Waals surface area contributed by atoms with Gasteiger partial charge in [0.15, 0.2) is 0 Å². The maximum Gasteiger partial charge on any atom is 0.508 e. The molecular weight excluding hydrogens is 478 g/mol. The summed E-state index contributed by atoms with van der Waals surface area (Å²) in [7, 11) is 8.32. The van der Waals surface area contributed by atoms with E-state index >= 15 is 0 Å². The molecule has 0 aliphatic rings. The fourth-order valence-electron chi connectivity index (χ4n) is 4.54. The van der Waals surface area contributed by atoms with E-state index in [0.29, 0.717) is 0 Å². The normalized spacial score (nSPS) is 12.9. The van der Waals surface area contributed by atoms with Gasteiger partial charge in [-0.3, -0.25) is 0 Å². The molecule has 0 bridgehead atoms. The predicted molar refractivity (Wildman–Crippen MR) is 136 cm³/mol. The van der Waals surface area contributed by atoms with Crippen molar-refractivity contribution >= 4 is 17.6 Å². The van der Waals surface area contributed by atoms with Crippen LogP contribution in [0.2, 0.25) is 5.16 Å². The fraction of sp³-hybridized carbons (Fsp3) is 1.00. The van der Waals surface area contributed by atoms with Crippen molar-refractivity contribution < 1.29 is 43.4 Å². The molecule has 0 unspecified atom stereocenters. The Balaban J connectivity index is 0. The third-order valence-corrected chi connectivity index (χ3v) is 14.5. The zero-order chi connectivity index (χ0) is 24.5. The number of nitrogens with zero attached hydrogens (tertiary/aromatic N) is 1. The second-order valence-electron chi connectivity index (χ2n) is 9.34. The molecule has 0 fully saturated rings. The van der Waals surface area contributed by atoms with E-state index < -0.39 is 17.6 Å². The molecule has 0 aromatic rings. The van der Waals surface area contributed by atoms with Crippen molar-refractivity contribution in [2.24, 2.45) is 0 Å². The van der Waals surface area contributed by atoms with E-state index in [1.807, 2.05) is 0 Å². The van der Waals surface area contributed by atoms with Crippen LogP contribution in [0, 0.1) is 0 Å². The third-order valence-electron chi connectivity index (χ3n) is 6.70. The van der Waals surface area contributed by atoms with Gasteiger partial charge in [0.05, 0.1) is 27.2 Å². The van der Waals surface area contributed by atoms with E-state index in [-0.39, 0.29) is 17.6 Å². The summed E-state index contributed by atoms with van der Waals surface area (Å²) < 4.78 is 35.9. The number of quaternary nitrogens is 1. The quantitative estimate of drug-likeness (QED) is 0.121. The molecule has 0 amide bonds. The first kappa shape index (κ1) is 35.6. The number of rotatable bonds is 22. The Morgan fingerprint density at radius 2 is 0.879 bits per heavy atom. The van der Waals surface area contributed by atoms with Crippen molar-refractivity contribution in [1.29, 1.82) is 0 Å². The summed E-state index contributed by atoms with van der Waals surface area (Å²) in [4.78, 5) is 0. The van der Waals surface area contributed by atoms with Gasteiger partial charge in [-0.25, -0.2) is 0 Å². The molecule has 0 heterocycles. The van der Waals surface area contributed by atoms with Gasteiger partial charge >= 0.3 is 17.6 Å². The molecule has 0 atom stereocenters. The third kappa shape index (κ3) is 12.3. The minimum atomic E-state index is -3.03. The number of hydrogen-bond acceptors (Lipinski definition) is 6. The predicted octanol–water partition coefficient (Wildman–Crippen LogP) is 2.04. The molecule has 0 aromatic heterocycles. The van der Waals surface area contributed by atoms with Gasteiger partial charge in [0.2, 0.25) is 0 Å². The summed E-state index contributed by atoms with van der Waals surface area (Å²) in [6.07, 6.45) is 14.4. The van der Waals surface area contributed by atoms with E-state index in [9.17, 15) is 0 Å². The Labute approximate surface area is 213 Å². The minimum absolute atomic E-state index is 0. The van der Waals surface area contributed by atoms with Crippen LogP contribution in [0.3, 0.4) is 0 Å². The van der Waals surface area contributed by atoms with E-state index in [2.05, 4.69) is 21.0 Å². The number of hydrogen-bond donors (Lipinski definition) is 0. The van der Waals surface area contributed by atoms with Crippen molar-refractivity contribution in [3.63, 3.8) is 0 Å². The lowest BCUT2D eigenvalue weighted by Gasteiger charge is -2.41. The van der Waals surface area contributed by atoms with Gasteiger partial charge in [0.1, 0.15) is 5.16 Å². The Hall–Kier alpha value is 0.444. The fourth-order valence-corrected chi connectivity index (χ4v) is 12.1. The largest absolute Gasteiger partial charge is 1.00 e. The Morgan fingerprint density at radius 3 is 1.21 bits per heavy atom. The Morgan fingerprint density at radius 1 is 0.545 bits per heavy atom. The first-order chi connectivity index (χ1) is 15.3. The van der Waals surface area contributed by atoms with Gasteiger partial charge < -0.3 is 43.4 Å². The van der Waals surface area contributed by atoms with E-state index in [4.69, 9.17) is 26.6 Å². The molecule has 0 aromatic carbocycles. The van der Waals surface area contributed by atoms with Crippen LogP contribution in [0.4, 0.5) is 0 Å². The summed E-state index contributed by atoms with van der Waals surface area (Å²) in [5, 5.41) is -0.194. The second kappa shape index (κ2) is 19.6. The van der Waals surface area contributed by atoms with Crippen molar-refractivity contribution in [1.82, 2.24) is 0 Å². The zero-order valence-electron chi connectivity index (χ0n) is 23.0. The molecule has 7 nitrogen and oxygen atoms in total. The molecule has 0 radical (unpaired) electrons. The average molecular weight is 532 g/mol. The highest BCUT2D eigenvalue weighted by molar-refractivity contribution is 6.82. The molecule has 0 saturated carbocycles. The molecule has 10 heteroatoms. The average Bonchev–Trinajstić information content (AvgIpc) is 2.80. The Bertz CT molecular complexity index is 418. The van der Waals surface area contributed by atoms with Crippen LogP contribution >= 0.6 is 0 Å². The topological polar surface area (TPSA) is 55.4 Å². The highest BCUT2D eigenvalue weighted by Crippen LogP contribution is 2.38. The Kier molecular flexibility index (Phi) is 21.2. The summed E-state index contributed by atoms with van der Waals surface area (Å²) >= 11 is 0. The minimum Gasteiger partial charge on any atom is -1.00 e. The summed E-state index contributed by atoms with van der Waals surface area (Å²) in [5.41, 5.74) is 0. The van der Waals surface area contributed by atoms with Crippen LogP contribution < -0.4 is 12.4 Å². The van der Waals surface area contributed by atoms with Crippen molar-refractivity contribution in [2.75, 3.05) is 69.8 Å². The molecule has 0 N–H and O–H groups in total. The van der Waals surface area contributed by atoms with Crippen LogP contribution in [0.25, 0.3) is 0 Å². The van der Waals surface area contributed by atoms with Crippen LogP contribution in [-0.2, 0) is 26.6 Å². The molecule has 33 heavy (non-hydrogen) atoms. The van der Waals surface area contributed by atoms with Gasteiger partial charge in [0.25, 0.3) is 0 Å². The van der Waals surface area contributed by atoms with Crippen LogP contribution in [0.5, 0.6) is 0 Å². The highest BCUT2D eigenvalue weighted by atomic mass is 35.5. The van der Waals surface area contributed by atoms with E-state index in [1.165, 1.54) is 64.2 Å². The monoisotopic (exact) mass is 531 g/mol. The van der Waals surface area contributed by atoms with Crippen LogP contribution in [0.1, 0.15) is 77.6 Å². The van der Waals surface area contributed by atoms with Crippen LogP contribution in [0.15, 0.2) is 0 Å². The van der Waals surface area contributed by atoms with Crippen molar-refractivity contribution in [3.8, 4) is 0 Å². The van der Waals surface area contributed by atoms with Gasteiger partial charge in [-0.15, -0.1) is 0 Å². The first-order valence-electron chi connectivity index (χ1n) is 12.4. The van der Waals surface area contributed by atoms with Gasteiger partial charge in [-0.2, -0.15) is 0 Å². The maximum atomic E-state index is 5.82. The van der Waals surface area contributed by atoms with Gasteiger partial charge in [0, 0.05) is 49.1 Å². The lowest BCUT2D eigenvalue weighted by Crippen LogP contribution is -3.00. The molecule has 202 valence electrons. The standard InChI is InChI=1S/C23H54NO6Si2.ClH/c1-10-11-12-13-14-15-16-17-18-19-21-24(2,3)22-20-23(31(25-4,26-5)27-6)32(28-7,29-8)30-9;/h23H,10-22H2,1-9H3;1H/q+1;/p-1. The zero-order valence-corrected chi connectivity index (χ0v) is 25.8. The van der Waals surface area contributed by atoms with Gasteiger partial charge in [-0.05, 0) is 12.8 Å². The van der Waals surface area contributed by atoms with Crippen molar-refractivity contribution in [2.45, 2.75) is 82.7 Å². The first-order valence-corrected chi connectivity index (χ1v) is 16.0. The second-order valence-corrected chi connectivity index (χ2v) is 16.2. The van der Waals surface area contributed by atoms with Crippen molar-refractivity contribution in [3.05, 3.63) is 0 Å². The molecule has 0 saturated heterocycles. The summed E-state index contributed by atoms with van der Waals surface area (Å²) in [6, 6.07) is 0. The van der Waals surface area contributed by atoms with E-state index in [1.54, 1.807) is 42.7 Å². The smallest absolute Gasteiger partial charge is 0.508 e. The summed E-state index contributed by atoms with van der Waals surface area (Å²) in [5.74, 6) is 0. The van der Waals surface area contributed by atoms with Gasteiger partial charge in [-0.1, -0.05) is 58.3 Å². The number of halogens is 1. The van der Waals surface area contributed by atoms with Crippen LogP contribution in [-0.4, -0.2) is 91.9 Å². The van der Waals surface area contributed by atoms with E-state index in [0.717, 1.165) is 24.0 Å². The molecule has 0 aliphatic heterocycles. The molecule has 0 aliphatic carbocycles. The molecule has 0 spiro atoms. The summed E-state index contributed by atoms with van der Waals surface area (Å²) in [6.45, 7) is 4.36. The maximum absolute atomic E-state index is 5.82. The highest BCUT2D eigenvalue weighted by Gasteiger charge is 2.64. The number of unbranched alkanes of at least 4 members (excludes halogenated alkanes) is 9. The SMILES string of the molecule is CCCCCCCCCCCC[N+](C)(C)CCC([Si](OC)(OC)OC)[Si](OC)(OC)OC.[Cl-]. The molecular formula is C23H54ClNO6Si2. The lowest BCUT2D eigenvalue weighted by atomic mass is 10.1. The molecule has 0 rings (SSSR count). The lowest BCUT2D eigenvalue weighted by molar-refractivity contribution is -0.890.